The summed E-state index contributed by atoms with van der Waals surface area (Å²) >= 11 is 0. The van der Waals surface area contributed by atoms with Gasteiger partial charge in [0.1, 0.15) is 12.6 Å². The average molecular weight is 384 g/mol. The van der Waals surface area contributed by atoms with Gasteiger partial charge in [0.05, 0.1) is 6.04 Å². The Labute approximate surface area is 163 Å². The fourth-order valence-electron chi connectivity index (χ4n) is 2.88. The van der Waals surface area contributed by atoms with Gasteiger partial charge < -0.3 is 10.2 Å². The van der Waals surface area contributed by atoms with Gasteiger partial charge in [0.25, 0.3) is 0 Å². The van der Waals surface area contributed by atoms with Crippen LogP contribution in [0.5, 0.6) is 0 Å². The second-order valence-corrected chi connectivity index (χ2v) is 6.46. The molecule has 0 spiro atoms. The number of hydrogen-bond acceptors (Lipinski definition) is 4. The lowest BCUT2D eigenvalue weighted by atomic mass is 10.0. The van der Waals surface area contributed by atoms with Gasteiger partial charge in [0.15, 0.2) is 0 Å². The predicted molar refractivity (Wildman–Crippen MR) is 105 cm³/mol. The van der Waals surface area contributed by atoms with E-state index in [1.54, 1.807) is 37.3 Å². The van der Waals surface area contributed by atoms with Crippen molar-refractivity contribution >= 4 is 23.5 Å². The van der Waals surface area contributed by atoms with Gasteiger partial charge >= 0.3 is 11.9 Å². The summed E-state index contributed by atoms with van der Waals surface area (Å²) in [5.41, 5.74) is 1.45. The largest absolute Gasteiger partial charge is 0.480 e. The van der Waals surface area contributed by atoms with Gasteiger partial charge in [-0.05, 0) is 37.5 Å². The van der Waals surface area contributed by atoms with E-state index >= 15 is 0 Å². The first-order chi connectivity index (χ1) is 13.4. The van der Waals surface area contributed by atoms with Crippen molar-refractivity contribution in [3.8, 4) is 0 Å². The number of para-hydroxylation sites is 1. The molecule has 0 saturated carbocycles. The molecular weight excluding hydrogens is 360 g/mol. The molecule has 0 fully saturated rings. The molecule has 2 atom stereocenters. The van der Waals surface area contributed by atoms with Gasteiger partial charge in [-0.15, -0.1) is 0 Å². The Bertz CT molecular complexity index is 795. The summed E-state index contributed by atoms with van der Waals surface area (Å²) in [6.45, 7) is 1.04. The zero-order chi connectivity index (χ0) is 20.5. The number of anilines is 1. The minimum atomic E-state index is -1.15. The maximum atomic E-state index is 12.8. The summed E-state index contributed by atoms with van der Waals surface area (Å²) < 4.78 is 0. The van der Waals surface area contributed by atoms with E-state index in [4.69, 9.17) is 5.11 Å². The fraction of sp³-hybridized carbons (Fsp3) is 0.286. The summed E-state index contributed by atoms with van der Waals surface area (Å²) in [6, 6.07) is 16.1. The highest BCUT2D eigenvalue weighted by atomic mass is 16.4. The number of carboxylic acids is 2. The average Bonchev–Trinajstić information content (AvgIpc) is 2.69. The van der Waals surface area contributed by atoms with E-state index in [2.05, 4.69) is 5.32 Å². The monoisotopic (exact) mass is 384 g/mol. The maximum absolute atomic E-state index is 12.8. The molecule has 2 aromatic rings. The number of aryl methyl sites for hydroxylation is 1. The van der Waals surface area contributed by atoms with Crippen LogP contribution in [0.15, 0.2) is 60.7 Å². The van der Waals surface area contributed by atoms with Crippen molar-refractivity contribution in [1.82, 2.24) is 5.32 Å². The first-order valence-electron chi connectivity index (χ1n) is 8.99. The number of carbonyl (C=O) groups excluding carboxylic acids is 1. The lowest BCUT2D eigenvalue weighted by Gasteiger charge is -2.26. The normalized spacial score (nSPS) is 12.8. The highest BCUT2D eigenvalue weighted by Gasteiger charge is 2.28. The zero-order valence-corrected chi connectivity index (χ0v) is 15.6. The van der Waals surface area contributed by atoms with E-state index in [9.17, 15) is 19.5 Å². The summed E-state index contributed by atoms with van der Waals surface area (Å²) in [7, 11) is 0. The Morgan fingerprint density at radius 1 is 0.964 bits per heavy atom. The molecule has 1 amide bonds. The summed E-state index contributed by atoms with van der Waals surface area (Å²) in [6.07, 6.45) is 0.852. The molecule has 3 N–H and O–H groups in total. The summed E-state index contributed by atoms with van der Waals surface area (Å²) in [5.74, 6) is -2.71. The van der Waals surface area contributed by atoms with Gasteiger partial charge in [0.2, 0.25) is 5.91 Å². The third kappa shape index (κ3) is 6.21. The molecule has 28 heavy (non-hydrogen) atoms. The third-order valence-corrected chi connectivity index (χ3v) is 4.31. The molecule has 7 heteroatoms. The molecule has 0 aliphatic carbocycles. The molecule has 0 aliphatic rings. The second kappa shape index (κ2) is 10.2. The molecule has 148 valence electrons. The molecule has 0 aliphatic heterocycles. The summed E-state index contributed by atoms with van der Waals surface area (Å²) in [4.78, 5) is 36.8. The van der Waals surface area contributed by atoms with E-state index in [1.165, 1.54) is 0 Å². The number of aliphatic carboxylic acids is 2. The number of benzene rings is 2. The van der Waals surface area contributed by atoms with Gasteiger partial charge in [0, 0.05) is 5.69 Å². The van der Waals surface area contributed by atoms with Crippen molar-refractivity contribution in [1.29, 1.82) is 0 Å². The van der Waals surface area contributed by atoms with Gasteiger partial charge in [-0.3, -0.25) is 24.6 Å². The fourth-order valence-corrected chi connectivity index (χ4v) is 2.88. The van der Waals surface area contributed by atoms with Crippen molar-refractivity contribution in [3.63, 3.8) is 0 Å². The van der Waals surface area contributed by atoms with Crippen LogP contribution in [0.25, 0.3) is 0 Å². The Balaban J connectivity index is 2.07. The lowest BCUT2D eigenvalue weighted by molar-refractivity contribution is -0.140. The van der Waals surface area contributed by atoms with Crippen LogP contribution in [0, 0.1) is 0 Å². The van der Waals surface area contributed by atoms with Gasteiger partial charge in [-0.1, -0.05) is 48.5 Å². The third-order valence-electron chi connectivity index (χ3n) is 4.31. The number of carbonyl (C=O) groups is 3. The van der Waals surface area contributed by atoms with Crippen molar-refractivity contribution in [3.05, 3.63) is 66.2 Å². The van der Waals surface area contributed by atoms with E-state index in [0.717, 1.165) is 10.5 Å². The van der Waals surface area contributed by atoms with Crippen LogP contribution in [0.1, 0.15) is 18.9 Å². The Hall–Kier alpha value is -3.19. The van der Waals surface area contributed by atoms with Crippen molar-refractivity contribution in [2.75, 3.05) is 11.4 Å². The molecule has 0 aromatic heterocycles. The maximum Gasteiger partial charge on any atom is 0.323 e. The summed E-state index contributed by atoms with van der Waals surface area (Å²) in [5, 5.41) is 21.5. The van der Waals surface area contributed by atoms with Crippen molar-refractivity contribution in [2.24, 2.45) is 0 Å². The first-order valence-corrected chi connectivity index (χ1v) is 8.99. The Morgan fingerprint density at radius 3 is 2.07 bits per heavy atom. The first kappa shape index (κ1) is 21.1. The van der Waals surface area contributed by atoms with Crippen LogP contribution in [0.2, 0.25) is 0 Å². The van der Waals surface area contributed by atoms with Crippen LogP contribution in [-0.4, -0.2) is 46.7 Å². The smallest absolute Gasteiger partial charge is 0.323 e. The van der Waals surface area contributed by atoms with Crippen LogP contribution < -0.4 is 10.2 Å². The van der Waals surface area contributed by atoms with E-state index in [-0.39, 0.29) is 0 Å². The zero-order valence-electron chi connectivity index (χ0n) is 15.6. The highest BCUT2D eigenvalue weighted by molar-refractivity contribution is 6.00. The number of hydrogen-bond donors (Lipinski definition) is 3. The minimum Gasteiger partial charge on any atom is -0.480 e. The molecule has 1 unspecified atom stereocenters. The SMILES string of the molecule is C[C@H](NC(CCc1ccccc1)C(=O)O)C(=O)N(CC(=O)O)c1ccccc1. The second-order valence-electron chi connectivity index (χ2n) is 6.46. The molecule has 0 bridgehead atoms. The molecule has 0 heterocycles. The number of carboxylic acid groups (broad SMARTS) is 2. The molecule has 2 rings (SSSR count). The van der Waals surface area contributed by atoms with Gasteiger partial charge in [-0.25, -0.2) is 0 Å². The van der Waals surface area contributed by atoms with Gasteiger partial charge in [-0.2, -0.15) is 0 Å². The highest BCUT2D eigenvalue weighted by Crippen LogP contribution is 2.15. The lowest BCUT2D eigenvalue weighted by Crippen LogP contribution is -2.52. The number of rotatable bonds is 10. The Morgan fingerprint density at radius 2 is 1.54 bits per heavy atom. The van der Waals surface area contributed by atoms with Crippen molar-refractivity contribution < 1.29 is 24.6 Å². The molecule has 0 radical (unpaired) electrons. The Kier molecular flexibility index (Phi) is 7.71. The molecule has 2 aromatic carbocycles. The predicted octanol–water partition coefficient (Wildman–Crippen LogP) is 2.17. The standard InChI is InChI=1S/C21H24N2O5/c1-15(20(26)23(14-19(24)25)17-10-6-3-7-11-17)22-18(21(27)28)13-12-16-8-4-2-5-9-16/h2-11,15,18,22H,12-14H2,1H3,(H,24,25)(H,27,28)/t15-,18?/m0/s1. The minimum absolute atomic E-state index is 0.307. The molecular formula is C21H24N2O5. The van der Waals surface area contributed by atoms with E-state index in [1.807, 2.05) is 30.3 Å². The molecule has 0 saturated heterocycles. The van der Waals surface area contributed by atoms with Crippen LogP contribution >= 0.6 is 0 Å². The van der Waals surface area contributed by atoms with E-state index in [0.29, 0.717) is 18.5 Å². The van der Waals surface area contributed by atoms with Crippen LogP contribution in [-0.2, 0) is 20.8 Å². The molecule has 7 nitrogen and oxygen atoms in total. The van der Waals surface area contributed by atoms with Crippen LogP contribution in [0.3, 0.4) is 0 Å². The number of nitrogens with one attached hydrogen (secondary N) is 1. The van der Waals surface area contributed by atoms with E-state index < -0.39 is 36.5 Å². The van der Waals surface area contributed by atoms with Crippen molar-refractivity contribution in [2.45, 2.75) is 31.8 Å². The topological polar surface area (TPSA) is 107 Å². The number of nitrogens with zero attached hydrogens (tertiary/aromatic N) is 1. The van der Waals surface area contributed by atoms with Crippen LogP contribution in [0.4, 0.5) is 5.69 Å². The quantitative estimate of drug-likeness (QED) is 0.580. The number of amides is 1.